The molecule has 2 aromatic heterocycles. The van der Waals surface area contributed by atoms with E-state index in [1.807, 2.05) is 20.0 Å². The summed E-state index contributed by atoms with van der Waals surface area (Å²) in [5.41, 5.74) is 3.36. The summed E-state index contributed by atoms with van der Waals surface area (Å²) in [4.78, 5) is 17.5. The predicted molar refractivity (Wildman–Crippen MR) is 97.9 cm³/mol. The molecule has 6 nitrogen and oxygen atoms in total. The first-order chi connectivity index (χ1) is 12.1. The highest BCUT2D eigenvalue weighted by atomic mass is 16.5. The average molecular weight is 344 g/mol. The van der Waals surface area contributed by atoms with Gasteiger partial charge in [0.25, 0.3) is 5.91 Å². The highest BCUT2D eigenvalue weighted by Gasteiger charge is 2.28. The van der Waals surface area contributed by atoms with Gasteiger partial charge >= 0.3 is 0 Å². The Labute approximate surface area is 149 Å². The summed E-state index contributed by atoms with van der Waals surface area (Å²) in [6.07, 6.45) is 5.37. The van der Waals surface area contributed by atoms with Gasteiger partial charge in [-0.3, -0.25) is 9.48 Å². The van der Waals surface area contributed by atoms with E-state index in [2.05, 4.69) is 17.3 Å². The van der Waals surface area contributed by atoms with E-state index < -0.39 is 0 Å². The Morgan fingerprint density at radius 1 is 1.36 bits per heavy atom. The Hall–Kier alpha value is -1.95. The zero-order chi connectivity index (χ0) is 17.8. The second kappa shape index (κ2) is 7.95. The number of hydrogen-bond acceptors (Lipinski definition) is 4. The maximum absolute atomic E-state index is 12.7. The molecule has 1 amide bonds. The van der Waals surface area contributed by atoms with Gasteiger partial charge in [-0.25, -0.2) is 4.98 Å². The van der Waals surface area contributed by atoms with Crippen molar-refractivity contribution in [2.75, 3.05) is 19.8 Å². The molecule has 3 rings (SSSR count). The first-order valence-electron chi connectivity index (χ1n) is 9.32. The monoisotopic (exact) mass is 344 g/mol. The Kier molecular flexibility index (Phi) is 5.68. The van der Waals surface area contributed by atoms with Crippen LogP contribution < -0.4 is 5.32 Å². The fourth-order valence-corrected chi connectivity index (χ4v) is 3.05. The summed E-state index contributed by atoms with van der Waals surface area (Å²) in [5.74, 6) is 0.456. The van der Waals surface area contributed by atoms with Gasteiger partial charge in [0.2, 0.25) is 0 Å². The first-order valence-corrected chi connectivity index (χ1v) is 9.32. The summed E-state index contributed by atoms with van der Waals surface area (Å²) < 4.78 is 7.31. The molecular formula is C19H28N4O2. The zero-order valence-corrected chi connectivity index (χ0v) is 15.5. The number of ether oxygens (including phenoxy) is 1. The van der Waals surface area contributed by atoms with E-state index in [1.165, 1.54) is 0 Å². The van der Waals surface area contributed by atoms with Crippen LogP contribution in [0.3, 0.4) is 0 Å². The quantitative estimate of drug-likeness (QED) is 0.710. The predicted octanol–water partition coefficient (Wildman–Crippen LogP) is 3.09. The van der Waals surface area contributed by atoms with Crippen molar-refractivity contribution in [2.24, 2.45) is 7.05 Å². The summed E-state index contributed by atoms with van der Waals surface area (Å²) >= 11 is 0. The molecule has 136 valence electrons. The van der Waals surface area contributed by atoms with Gasteiger partial charge in [-0.15, -0.1) is 0 Å². The van der Waals surface area contributed by atoms with Crippen molar-refractivity contribution in [3.63, 3.8) is 0 Å². The maximum atomic E-state index is 12.7. The second-order valence-corrected chi connectivity index (χ2v) is 6.85. The van der Waals surface area contributed by atoms with E-state index in [9.17, 15) is 4.79 Å². The molecule has 1 fully saturated rings. The topological polar surface area (TPSA) is 69.0 Å². The number of carbonyl (C=O) groups excluding carboxylic acids is 1. The number of rotatable bonds is 9. The van der Waals surface area contributed by atoms with E-state index in [0.29, 0.717) is 24.6 Å². The number of pyridine rings is 1. The third-order valence-electron chi connectivity index (χ3n) is 4.62. The molecule has 1 saturated carbocycles. The van der Waals surface area contributed by atoms with E-state index in [0.717, 1.165) is 61.1 Å². The number of aromatic nitrogens is 3. The van der Waals surface area contributed by atoms with Crippen LogP contribution in [0.25, 0.3) is 11.0 Å². The number of hydrogen-bond donors (Lipinski definition) is 1. The minimum absolute atomic E-state index is 0.0426. The molecule has 1 N–H and O–H groups in total. The molecular weight excluding hydrogens is 316 g/mol. The Morgan fingerprint density at radius 2 is 2.12 bits per heavy atom. The number of unbranched alkanes of at least 4 members (excludes halogenated alkanes) is 1. The van der Waals surface area contributed by atoms with Gasteiger partial charge in [0.05, 0.1) is 16.6 Å². The van der Waals surface area contributed by atoms with Gasteiger partial charge in [0, 0.05) is 38.4 Å². The van der Waals surface area contributed by atoms with Gasteiger partial charge in [-0.05, 0) is 38.7 Å². The Bertz CT molecular complexity index is 749. The van der Waals surface area contributed by atoms with Gasteiger partial charge in [-0.1, -0.05) is 13.3 Å². The highest BCUT2D eigenvalue weighted by molar-refractivity contribution is 6.06. The van der Waals surface area contributed by atoms with Crippen LogP contribution in [0.15, 0.2) is 6.07 Å². The molecule has 1 aliphatic carbocycles. The molecule has 2 aromatic rings. The molecule has 0 atom stereocenters. The van der Waals surface area contributed by atoms with Crippen LogP contribution in [0.5, 0.6) is 0 Å². The number of nitrogens with one attached hydrogen (secondary N) is 1. The Morgan fingerprint density at radius 3 is 2.84 bits per heavy atom. The van der Waals surface area contributed by atoms with Crippen molar-refractivity contribution >= 4 is 16.9 Å². The SMILES string of the molecule is CCCCOCCCNC(=O)c1cc(C2CC2)nc2c1c(C)nn2C. The number of amides is 1. The van der Waals surface area contributed by atoms with E-state index in [4.69, 9.17) is 9.72 Å². The molecule has 0 bridgehead atoms. The molecule has 0 aliphatic heterocycles. The fraction of sp³-hybridized carbons (Fsp3) is 0.632. The summed E-state index contributed by atoms with van der Waals surface area (Å²) in [5, 5.41) is 8.33. The highest BCUT2D eigenvalue weighted by Crippen LogP contribution is 2.40. The normalized spacial score (nSPS) is 14.2. The van der Waals surface area contributed by atoms with Crippen LogP contribution in [0.2, 0.25) is 0 Å². The van der Waals surface area contributed by atoms with Crippen LogP contribution in [-0.2, 0) is 11.8 Å². The second-order valence-electron chi connectivity index (χ2n) is 6.85. The molecule has 0 unspecified atom stereocenters. The number of fused-ring (bicyclic) bond motifs is 1. The molecule has 6 heteroatoms. The molecule has 0 spiro atoms. The van der Waals surface area contributed by atoms with E-state index >= 15 is 0 Å². The minimum atomic E-state index is -0.0426. The van der Waals surface area contributed by atoms with E-state index in [-0.39, 0.29) is 5.91 Å². The first kappa shape index (κ1) is 17.9. The van der Waals surface area contributed by atoms with Gasteiger partial charge in [-0.2, -0.15) is 5.10 Å². The molecule has 0 saturated heterocycles. The van der Waals surface area contributed by atoms with E-state index in [1.54, 1.807) is 4.68 Å². The van der Waals surface area contributed by atoms with Gasteiger partial charge in [0.15, 0.2) is 5.65 Å². The number of nitrogens with zero attached hydrogens (tertiary/aromatic N) is 3. The van der Waals surface area contributed by atoms with Crippen molar-refractivity contribution in [3.05, 3.63) is 23.0 Å². The smallest absolute Gasteiger partial charge is 0.252 e. The van der Waals surface area contributed by atoms with Crippen LogP contribution in [0.4, 0.5) is 0 Å². The molecule has 2 heterocycles. The summed E-state index contributed by atoms with van der Waals surface area (Å²) in [7, 11) is 1.88. The average Bonchev–Trinajstić information content (AvgIpc) is 3.40. The van der Waals surface area contributed by atoms with Crippen molar-refractivity contribution in [1.82, 2.24) is 20.1 Å². The lowest BCUT2D eigenvalue weighted by Crippen LogP contribution is -2.26. The number of carbonyl (C=O) groups is 1. The third kappa shape index (κ3) is 4.18. The van der Waals surface area contributed by atoms with Crippen LogP contribution in [0.1, 0.15) is 66.7 Å². The van der Waals surface area contributed by atoms with Crippen molar-refractivity contribution in [1.29, 1.82) is 0 Å². The fourth-order valence-electron chi connectivity index (χ4n) is 3.05. The lowest BCUT2D eigenvalue weighted by atomic mass is 10.1. The Balaban J connectivity index is 1.68. The summed E-state index contributed by atoms with van der Waals surface area (Å²) in [6.45, 7) is 6.18. The lowest BCUT2D eigenvalue weighted by molar-refractivity contribution is 0.0942. The number of aryl methyl sites for hydroxylation is 2. The molecule has 0 radical (unpaired) electrons. The van der Waals surface area contributed by atoms with Crippen molar-refractivity contribution in [3.8, 4) is 0 Å². The largest absolute Gasteiger partial charge is 0.381 e. The summed E-state index contributed by atoms with van der Waals surface area (Å²) in [6, 6.07) is 1.96. The van der Waals surface area contributed by atoms with Crippen LogP contribution >= 0.6 is 0 Å². The van der Waals surface area contributed by atoms with Crippen LogP contribution in [0, 0.1) is 6.92 Å². The molecule has 25 heavy (non-hydrogen) atoms. The van der Waals surface area contributed by atoms with Crippen molar-refractivity contribution in [2.45, 2.75) is 51.9 Å². The van der Waals surface area contributed by atoms with Gasteiger partial charge < -0.3 is 10.1 Å². The standard InChI is InChI=1S/C19H28N4O2/c1-4-5-10-25-11-6-9-20-19(24)15-12-16(14-7-8-14)21-18-17(15)13(2)22-23(18)3/h12,14H,4-11H2,1-3H3,(H,20,24). The third-order valence-corrected chi connectivity index (χ3v) is 4.62. The zero-order valence-electron chi connectivity index (χ0n) is 15.5. The van der Waals surface area contributed by atoms with Crippen LogP contribution in [-0.4, -0.2) is 40.4 Å². The van der Waals surface area contributed by atoms with Crippen molar-refractivity contribution < 1.29 is 9.53 Å². The molecule has 1 aliphatic rings. The lowest BCUT2D eigenvalue weighted by Gasteiger charge is -2.09. The minimum Gasteiger partial charge on any atom is -0.381 e. The van der Waals surface area contributed by atoms with Gasteiger partial charge in [0.1, 0.15) is 0 Å². The maximum Gasteiger partial charge on any atom is 0.252 e. The molecule has 0 aromatic carbocycles.